The summed E-state index contributed by atoms with van der Waals surface area (Å²) in [6.07, 6.45) is 1.21. The number of sulfone groups is 1. The lowest BCUT2D eigenvalue weighted by Crippen LogP contribution is -2.04. The molecule has 124 valence electrons. The largest absolute Gasteiger partial charge is 0.497 e. The average molecular weight is 347 g/mol. The summed E-state index contributed by atoms with van der Waals surface area (Å²) in [5.41, 5.74) is 0.403. The van der Waals surface area contributed by atoms with Gasteiger partial charge in [0.05, 0.1) is 19.1 Å². The second kappa shape index (κ2) is 7.15. The maximum absolute atomic E-state index is 13.0. The van der Waals surface area contributed by atoms with Crippen molar-refractivity contribution in [2.24, 2.45) is 0 Å². The number of hydrogen-bond donors (Lipinski definition) is 0. The molecule has 0 radical (unpaired) electrons. The summed E-state index contributed by atoms with van der Waals surface area (Å²) in [7, 11) is -1.15. The molecule has 0 aliphatic rings. The topological polar surface area (TPSA) is 76.4 Å². The zero-order valence-electron chi connectivity index (χ0n) is 13.0. The number of rotatable bonds is 5. The van der Waals surface area contributed by atoms with Crippen LogP contribution in [0.2, 0.25) is 0 Å². The summed E-state index contributed by atoms with van der Waals surface area (Å²) in [5.74, 6) is 0.327. The van der Waals surface area contributed by atoms with Crippen LogP contribution in [-0.2, 0) is 9.84 Å². The van der Waals surface area contributed by atoms with E-state index in [-0.39, 0.29) is 4.90 Å². The Bertz CT molecular complexity index is 913. The summed E-state index contributed by atoms with van der Waals surface area (Å²) >= 11 is 0. The van der Waals surface area contributed by atoms with E-state index in [9.17, 15) is 18.1 Å². The Kier molecular flexibility index (Phi) is 5.21. The third-order valence-corrected chi connectivity index (χ3v) is 4.93. The highest BCUT2D eigenvalue weighted by molar-refractivity contribution is 7.95. The lowest BCUT2D eigenvalue weighted by Gasteiger charge is -2.08. The summed E-state index contributed by atoms with van der Waals surface area (Å²) in [5, 5.41) is 9.27. The summed E-state index contributed by atoms with van der Waals surface area (Å²) < 4.78 is 48.3. The van der Waals surface area contributed by atoms with E-state index in [1.54, 1.807) is 24.3 Å². The van der Waals surface area contributed by atoms with E-state index in [1.165, 1.54) is 20.3 Å². The molecule has 0 saturated carbocycles. The molecule has 0 bridgehead atoms. The monoisotopic (exact) mass is 347 g/mol. The molecule has 0 spiro atoms. The minimum atomic E-state index is -4.06. The molecule has 0 N–H and O–H groups in total. The van der Waals surface area contributed by atoms with Gasteiger partial charge in [-0.1, -0.05) is 0 Å². The van der Waals surface area contributed by atoms with Gasteiger partial charge in [-0.05, 0) is 42.5 Å². The maximum atomic E-state index is 13.0. The van der Waals surface area contributed by atoms with Crippen molar-refractivity contribution in [3.8, 4) is 17.6 Å². The van der Waals surface area contributed by atoms with E-state index >= 15 is 0 Å². The SMILES string of the molecule is COc1ccc(C=C(C#N)S(=O)(=O)c2ccc(F)cc2)c(OC)c1. The van der Waals surface area contributed by atoms with Crippen molar-refractivity contribution in [2.75, 3.05) is 14.2 Å². The Balaban J connectivity index is 2.54. The molecule has 24 heavy (non-hydrogen) atoms. The number of methoxy groups -OCH3 is 2. The van der Waals surface area contributed by atoms with Crippen LogP contribution in [0.1, 0.15) is 5.56 Å². The van der Waals surface area contributed by atoms with Gasteiger partial charge >= 0.3 is 0 Å². The van der Waals surface area contributed by atoms with Crippen LogP contribution in [0, 0.1) is 17.1 Å². The molecule has 0 unspecified atom stereocenters. The fraction of sp³-hybridized carbons (Fsp3) is 0.118. The van der Waals surface area contributed by atoms with Crippen molar-refractivity contribution in [1.29, 1.82) is 5.26 Å². The lowest BCUT2D eigenvalue weighted by molar-refractivity contribution is 0.394. The van der Waals surface area contributed by atoms with Gasteiger partial charge in [-0.25, -0.2) is 12.8 Å². The van der Waals surface area contributed by atoms with Gasteiger partial charge in [0, 0.05) is 11.6 Å². The van der Waals surface area contributed by atoms with Crippen LogP contribution in [0.4, 0.5) is 4.39 Å². The van der Waals surface area contributed by atoms with Crippen LogP contribution in [0.15, 0.2) is 52.3 Å². The first kappa shape index (κ1) is 17.5. The Morgan fingerprint density at radius 1 is 1.12 bits per heavy atom. The Morgan fingerprint density at radius 3 is 2.33 bits per heavy atom. The molecule has 0 atom stereocenters. The van der Waals surface area contributed by atoms with E-state index in [0.717, 1.165) is 24.3 Å². The second-order valence-corrected chi connectivity index (χ2v) is 6.60. The highest BCUT2D eigenvalue weighted by Gasteiger charge is 2.21. The van der Waals surface area contributed by atoms with Gasteiger partial charge < -0.3 is 9.47 Å². The Labute approximate surface area is 139 Å². The zero-order chi connectivity index (χ0) is 17.7. The van der Waals surface area contributed by atoms with Gasteiger partial charge in [-0.15, -0.1) is 0 Å². The minimum absolute atomic E-state index is 0.163. The van der Waals surface area contributed by atoms with E-state index in [2.05, 4.69) is 0 Å². The summed E-state index contributed by atoms with van der Waals surface area (Å²) in [6, 6.07) is 10.7. The molecule has 7 heteroatoms. The third kappa shape index (κ3) is 3.55. The standard InChI is InChI=1S/C17H14FNO4S/c1-22-14-6-3-12(17(10-14)23-2)9-16(11-19)24(20,21)15-7-4-13(18)5-8-15/h3-10H,1-2H3. The van der Waals surface area contributed by atoms with E-state index in [1.807, 2.05) is 0 Å². The first-order valence-corrected chi connectivity index (χ1v) is 8.25. The summed E-state index contributed by atoms with van der Waals surface area (Å²) in [4.78, 5) is -0.637. The molecule has 0 heterocycles. The van der Waals surface area contributed by atoms with Crippen LogP contribution in [-0.4, -0.2) is 22.6 Å². The van der Waals surface area contributed by atoms with Crippen molar-refractivity contribution < 1.29 is 22.3 Å². The smallest absolute Gasteiger partial charge is 0.216 e. The summed E-state index contributed by atoms with van der Waals surface area (Å²) in [6.45, 7) is 0. The number of allylic oxidation sites excluding steroid dienone is 1. The molecule has 2 aromatic rings. The average Bonchev–Trinajstić information content (AvgIpc) is 2.59. The molecule has 5 nitrogen and oxygen atoms in total. The normalized spacial score (nSPS) is 11.7. The highest BCUT2D eigenvalue weighted by atomic mass is 32.2. The molecule has 0 aliphatic carbocycles. The van der Waals surface area contributed by atoms with Gasteiger partial charge in [0.25, 0.3) is 0 Å². The van der Waals surface area contributed by atoms with Gasteiger partial charge in [-0.3, -0.25) is 0 Å². The van der Waals surface area contributed by atoms with Crippen molar-refractivity contribution in [3.05, 3.63) is 58.8 Å². The number of halogens is 1. The molecule has 0 saturated heterocycles. The Hall–Kier alpha value is -2.85. The molecule has 0 aliphatic heterocycles. The van der Waals surface area contributed by atoms with Crippen molar-refractivity contribution in [1.82, 2.24) is 0 Å². The van der Waals surface area contributed by atoms with Gasteiger partial charge in [0.15, 0.2) is 0 Å². The number of ether oxygens (including phenoxy) is 2. The zero-order valence-corrected chi connectivity index (χ0v) is 13.8. The molecule has 2 aromatic carbocycles. The first-order chi connectivity index (χ1) is 11.4. The molecular weight excluding hydrogens is 333 g/mol. The quantitative estimate of drug-likeness (QED) is 0.613. The third-order valence-electron chi connectivity index (χ3n) is 3.25. The molecule has 0 amide bonds. The van der Waals surface area contributed by atoms with Crippen LogP contribution in [0.5, 0.6) is 11.5 Å². The predicted molar refractivity (Wildman–Crippen MR) is 86.7 cm³/mol. The predicted octanol–water partition coefficient (Wildman–Crippen LogP) is 3.18. The van der Waals surface area contributed by atoms with E-state index in [4.69, 9.17) is 9.47 Å². The van der Waals surface area contributed by atoms with Gasteiger partial charge in [0.2, 0.25) is 9.84 Å². The van der Waals surface area contributed by atoms with Gasteiger partial charge in [0.1, 0.15) is 28.3 Å². The molecule has 2 rings (SSSR count). The number of hydrogen-bond acceptors (Lipinski definition) is 5. The van der Waals surface area contributed by atoms with Crippen molar-refractivity contribution in [2.45, 2.75) is 4.90 Å². The van der Waals surface area contributed by atoms with E-state index < -0.39 is 20.6 Å². The molecule has 0 aromatic heterocycles. The highest BCUT2D eigenvalue weighted by Crippen LogP contribution is 2.29. The van der Waals surface area contributed by atoms with Crippen molar-refractivity contribution in [3.63, 3.8) is 0 Å². The number of nitrogens with zero attached hydrogens (tertiary/aromatic N) is 1. The van der Waals surface area contributed by atoms with Gasteiger partial charge in [-0.2, -0.15) is 5.26 Å². The fourth-order valence-electron chi connectivity index (χ4n) is 1.99. The second-order valence-electron chi connectivity index (χ2n) is 4.69. The fourth-order valence-corrected chi connectivity index (χ4v) is 3.14. The van der Waals surface area contributed by atoms with Crippen LogP contribution < -0.4 is 9.47 Å². The number of benzene rings is 2. The molecule has 0 fully saturated rings. The molecular formula is C17H14FNO4S. The van der Waals surface area contributed by atoms with E-state index in [0.29, 0.717) is 17.1 Å². The first-order valence-electron chi connectivity index (χ1n) is 6.77. The van der Waals surface area contributed by atoms with Crippen LogP contribution in [0.3, 0.4) is 0 Å². The Morgan fingerprint density at radius 2 is 1.79 bits per heavy atom. The minimum Gasteiger partial charge on any atom is -0.497 e. The maximum Gasteiger partial charge on any atom is 0.216 e. The lowest BCUT2D eigenvalue weighted by atomic mass is 10.2. The number of nitriles is 1. The van der Waals surface area contributed by atoms with Crippen LogP contribution in [0.25, 0.3) is 6.08 Å². The van der Waals surface area contributed by atoms with Crippen LogP contribution >= 0.6 is 0 Å². The van der Waals surface area contributed by atoms with Crippen molar-refractivity contribution >= 4 is 15.9 Å².